The molecule has 0 spiro atoms. The standard InChI is InChI=1S/C18H18N2O4/c21-18(19-10-13-11-22-7-8-23-13)20-12-5-6-15-14-3-1-2-4-16(14)24-17(15)9-12/h1-6,9,13H,7-8,10-11H2,(H2,19,20,21). The van der Waals surface area contributed by atoms with Crippen LogP contribution in [-0.4, -0.2) is 38.5 Å². The molecule has 1 aromatic heterocycles. The number of carbonyl (C=O) groups excluding carboxylic acids is 1. The molecule has 2 amide bonds. The van der Waals surface area contributed by atoms with Gasteiger partial charge in [-0.05, 0) is 18.2 Å². The zero-order valence-electron chi connectivity index (χ0n) is 13.1. The molecule has 124 valence electrons. The second kappa shape index (κ2) is 6.51. The lowest BCUT2D eigenvalue weighted by atomic mass is 10.1. The molecule has 0 saturated carbocycles. The lowest BCUT2D eigenvalue weighted by molar-refractivity contribution is -0.0852. The van der Waals surface area contributed by atoms with E-state index in [1.165, 1.54) is 0 Å². The van der Waals surface area contributed by atoms with Gasteiger partial charge < -0.3 is 24.5 Å². The highest BCUT2D eigenvalue weighted by Crippen LogP contribution is 2.30. The summed E-state index contributed by atoms with van der Waals surface area (Å²) in [5.41, 5.74) is 2.27. The Bertz CT molecular complexity index is 868. The van der Waals surface area contributed by atoms with Crippen LogP contribution in [0.2, 0.25) is 0 Å². The van der Waals surface area contributed by atoms with Crippen molar-refractivity contribution >= 4 is 33.7 Å². The molecule has 6 heteroatoms. The third kappa shape index (κ3) is 3.06. The van der Waals surface area contributed by atoms with E-state index < -0.39 is 0 Å². The number of benzene rings is 2. The highest BCUT2D eigenvalue weighted by molar-refractivity contribution is 6.06. The maximum Gasteiger partial charge on any atom is 0.319 e. The molecule has 2 aromatic carbocycles. The molecular weight excluding hydrogens is 308 g/mol. The molecule has 1 saturated heterocycles. The molecule has 1 atom stereocenters. The summed E-state index contributed by atoms with van der Waals surface area (Å²) in [7, 11) is 0. The molecule has 1 aliphatic rings. The molecule has 0 radical (unpaired) electrons. The number of furan rings is 1. The summed E-state index contributed by atoms with van der Waals surface area (Å²) in [4.78, 5) is 12.0. The first-order valence-electron chi connectivity index (χ1n) is 7.95. The van der Waals surface area contributed by atoms with Crippen molar-refractivity contribution in [2.24, 2.45) is 0 Å². The van der Waals surface area contributed by atoms with Gasteiger partial charge in [-0.3, -0.25) is 0 Å². The van der Waals surface area contributed by atoms with Crippen LogP contribution in [-0.2, 0) is 9.47 Å². The first-order chi connectivity index (χ1) is 11.8. The maximum atomic E-state index is 12.0. The van der Waals surface area contributed by atoms with E-state index >= 15 is 0 Å². The number of para-hydroxylation sites is 1. The van der Waals surface area contributed by atoms with Crippen LogP contribution < -0.4 is 10.6 Å². The van der Waals surface area contributed by atoms with E-state index in [0.717, 1.165) is 21.9 Å². The average molecular weight is 326 g/mol. The number of urea groups is 1. The van der Waals surface area contributed by atoms with Crippen LogP contribution in [0.3, 0.4) is 0 Å². The first kappa shape index (κ1) is 15.0. The van der Waals surface area contributed by atoms with Crippen LogP contribution in [0.5, 0.6) is 0 Å². The summed E-state index contributed by atoms with van der Waals surface area (Å²) < 4.78 is 16.6. The lowest BCUT2D eigenvalue weighted by Crippen LogP contribution is -2.41. The van der Waals surface area contributed by atoms with Gasteiger partial charge in [-0.2, -0.15) is 0 Å². The van der Waals surface area contributed by atoms with Crippen molar-refractivity contribution in [3.8, 4) is 0 Å². The van der Waals surface area contributed by atoms with E-state index in [0.29, 0.717) is 32.1 Å². The summed E-state index contributed by atoms with van der Waals surface area (Å²) in [6.07, 6.45) is -0.0950. The predicted octanol–water partition coefficient (Wildman–Crippen LogP) is 3.12. The number of carbonyl (C=O) groups is 1. The van der Waals surface area contributed by atoms with Gasteiger partial charge in [-0.1, -0.05) is 18.2 Å². The fourth-order valence-corrected chi connectivity index (χ4v) is 2.84. The number of fused-ring (bicyclic) bond motifs is 3. The van der Waals surface area contributed by atoms with Crippen LogP contribution in [0, 0.1) is 0 Å². The molecule has 0 bridgehead atoms. The topological polar surface area (TPSA) is 72.7 Å². The molecule has 2 heterocycles. The van der Waals surface area contributed by atoms with Gasteiger partial charge in [0.2, 0.25) is 0 Å². The second-order valence-corrected chi connectivity index (χ2v) is 5.71. The smallest absolute Gasteiger partial charge is 0.319 e. The van der Waals surface area contributed by atoms with Crippen molar-refractivity contribution in [2.75, 3.05) is 31.7 Å². The molecule has 1 unspecified atom stereocenters. The van der Waals surface area contributed by atoms with E-state index in [1.807, 2.05) is 42.5 Å². The van der Waals surface area contributed by atoms with Gasteiger partial charge in [-0.15, -0.1) is 0 Å². The molecule has 2 N–H and O–H groups in total. The minimum atomic E-state index is -0.278. The van der Waals surface area contributed by atoms with Crippen LogP contribution in [0.4, 0.5) is 10.5 Å². The summed E-state index contributed by atoms with van der Waals surface area (Å²) in [5, 5.41) is 7.70. The van der Waals surface area contributed by atoms with Gasteiger partial charge in [0, 0.05) is 29.1 Å². The van der Waals surface area contributed by atoms with Crippen LogP contribution >= 0.6 is 0 Å². The van der Waals surface area contributed by atoms with Crippen LogP contribution in [0.15, 0.2) is 46.9 Å². The Kier molecular flexibility index (Phi) is 4.06. The van der Waals surface area contributed by atoms with Crippen molar-refractivity contribution < 1.29 is 18.7 Å². The first-order valence-corrected chi connectivity index (χ1v) is 7.95. The van der Waals surface area contributed by atoms with Gasteiger partial charge in [0.1, 0.15) is 11.2 Å². The summed E-state index contributed by atoms with van der Waals surface area (Å²) >= 11 is 0. The van der Waals surface area contributed by atoms with E-state index in [2.05, 4.69) is 10.6 Å². The van der Waals surface area contributed by atoms with Gasteiger partial charge in [0.25, 0.3) is 0 Å². The number of rotatable bonds is 3. The number of hydrogen-bond donors (Lipinski definition) is 2. The van der Waals surface area contributed by atoms with Gasteiger partial charge >= 0.3 is 6.03 Å². The molecular formula is C18H18N2O4. The third-order valence-corrected chi connectivity index (χ3v) is 4.01. The van der Waals surface area contributed by atoms with Crippen molar-refractivity contribution in [2.45, 2.75) is 6.10 Å². The highest BCUT2D eigenvalue weighted by Gasteiger charge is 2.15. The van der Waals surface area contributed by atoms with E-state index in [1.54, 1.807) is 0 Å². The average Bonchev–Trinajstić information content (AvgIpc) is 2.98. The van der Waals surface area contributed by atoms with E-state index in [-0.39, 0.29) is 12.1 Å². The predicted molar refractivity (Wildman–Crippen MR) is 91.3 cm³/mol. The van der Waals surface area contributed by atoms with Crippen molar-refractivity contribution in [3.05, 3.63) is 42.5 Å². The number of anilines is 1. The highest BCUT2D eigenvalue weighted by atomic mass is 16.6. The zero-order valence-corrected chi connectivity index (χ0v) is 13.1. The minimum Gasteiger partial charge on any atom is -0.456 e. The third-order valence-electron chi connectivity index (χ3n) is 4.01. The Hall–Kier alpha value is -2.57. The summed E-state index contributed by atoms with van der Waals surface area (Å²) in [5.74, 6) is 0. The summed E-state index contributed by atoms with van der Waals surface area (Å²) in [6.45, 7) is 2.10. The second-order valence-electron chi connectivity index (χ2n) is 5.71. The van der Waals surface area contributed by atoms with Crippen LogP contribution in [0.25, 0.3) is 21.9 Å². The fourth-order valence-electron chi connectivity index (χ4n) is 2.84. The maximum absolute atomic E-state index is 12.0. The van der Waals surface area contributed by atoms with Crippen molar-refractivity contribution in [1.82, 2.24) is 5.32 Å². The zero-order chi connectivity index (χ0) is 16.4. The summed E-state index contributed by atoms with van der Waals surface area (Å²) in [6, 6.07) is 13.2. The van der Waals surface area contributed by atoms with Crippen LogP contribution in [0.1, 0.15) is 0 Å². The normalized spacial score (nSPS) is 17.9. The lowest BCUT2D eigenvalue weighted by Gasteiger charge is -2.23. The quantitative estimate of drug-likeness (QED) is 0.775. The Balaban J connectivity index is 1.44. The number of nitrogens with one attached hydrogen (secondary N) is 2. The molecule has 24 heavy (non-hydrogen) atoms. The van der Waals surface area contributed by atoms with E-state index in [9.17, 15) is 4.79 Å². The fraction of sp³-hybridized carbons (Fsp3) is 0.278. The minimum absolute atomic E-state index is 0.0950. The monoisotopic (exact) mass is 326 g/mol. The van der Waals surface area contributed by atoms with E-state index in [4.69, 9.17) is 13.9 Å². The van der Waals surface area contributed by atoms with Crippen molar-refractivity contribution in [1.29, 1.82) is 0 Å². The molecule has 1 fully saturated rings. The van der Waals surface area contributed by atoms with Crippen molar-refractivity contribution in [3.63, 3.8) is 0 Å². The molecule has 4 rings (SSSR count). The largest absolute Gasteiger partial charge is 0.456 e. The Labute approximate surface area is 138 Å². The number of ether oxygens (including phenoxy) is 2. The molecule has 6 nitrogen and oxygen atoms in total. The SMILES string of the molecule is O=C(NCC1COCCO1)Nc1ccc2c(c1)oc1ccccc12. The molecule has 3 aromatic rings. The number of hydrogen-bond acceptors (Lipinski definition) is 4. The van der Waals surface area contributed by atoms with Gasteiger partial charge in [-0.25, -0.2) is 4.79 Å². The van der Waals surface area contributed by atoms with Gasteiger partial charge in [0.05, 0.1) is 25.9 Å². The molecule has 1 aliphatic heterocycles. The Morgan fingerprint density at radius 2 is 1.96 bits per heavy atom. The Morgan fingerprint density at radius 1 is 1.08 bits per heavy atom. The molecule has 0 aliphatic carbocycles. The Morgan fingerprint density at radius 3 is 2.83 bits per heavy atom. The number of amides is 2. The van der Waals surface area contributed by atoms with Gasteiger partial charge in [0.15, 0.2) is 0 Å².